The van der Waals surface area contributed by atoms with E-state index in [0.29, 0.717) is 17.3 Å². The molecule has 2 heterocycles. The highest BCUT2D eigenvalue weighted by molar-refractivity contribution is 7.15. The average Bonchev–Trinajstić information content (AvgIpc) is 3.11. The molecule has 6 nitrogen and oxygen atoms in total. The van der Waals surface area contributed by atoms with Crippen LogP contribution in [0, 0.1) is 6.92 Å². The standard InChI is InChI=1S/C21H20N2O4S/c1-14-18(23-19(28-14)16-8-5-11-26-16)20(25)27-12-17(24)22-13-21(9-10-21)15-6-3-2-4-7-15/h2-8,11H,9-10,12-13H2,1H3,(H,22,24). The van der Waals surface area contributed by atoms with Gasteiger partial charge in [-0.25, -0.2) is 9.78 Å². The summed E-state index contributed by atoms with van der Waals surface area (Å²) in [5, 5.41) is 3.49. The van der Waals surface area contributed by atoms with E-state index in [1.165, 1.54) is 16.9 Å². The van der Waals surface area contributed by atoms with E-state index in [-0.39, 0.29) is 23.6 Å². The first-order chi connectivity index (χ1) is 13.6. The number of aryl methyl sites for hydroxylation is 1. The number of carbonyl (C=O) groups excluding carboxylic acids is 2. The van der Waals surface area contributed by atoms with Gasteiger partial charge in [-0.3, -0.25) is 4.79 Å². The van der Waals surface area contributed by atoms with Gasteiger partial charge in [0, 0.05) is 16.8 Å². The van der Waals surface area contributed by atoms with Gasteiger partial charge in [0.2, 0.25) is 0 Å². The third-order valence-electron chi connectivity index (χ3n) is 4.92. The van der Waals surface area contributed by atoms with Crippen molar-refractivity contribution in [1.82, 2.24) is 10.3 Å². The maximum absolute atomic E-state index is 12.3. The lowest BCUT2D eigenvalue weighted by molar-refractivity contribution is -0.124. The minimum atomic E-state index is -0.606. The van der Waals surface area contributed by atoms with Gasteiger partial charge < -0.3 is 14.5 Å². The second-order valence-corrected chi connectivity index (χ2v) is 8.10. The molecule has 1 amide bonds. The van der Waals surface area contributed by atoms with Gasteiger partial charge in [-0.15, -0.1) is 11.3 Å². The summed E-state index contributed by atoms with van der Waals surface area (Å²) in [7, 11) is 0. The van der Waals surface area contributed by atoms with E-state index >= 15 is 0 Å². The average molecular weight is 396 g/mol. The molecule has 1 saturated carbocycles. The Morgan fingerprint density at radius 1 is 1.21 bits per heavy atom. The van der Waals surface area contributed by atoms with E-state index < -0.39 is 5.97 Å². The monoisotopic (exact) mass is 396 g/mol. The Bertz CT molecular complexity index is 975. The van der Waals surface area contributed by atoms with Gasteiger partial charge in [0.25, 0.3) is 5.91 Å². The summed E-state index contributed by atoms with van der Waals surface area (Å²) < 4.78 is 10.5. The summed E-state index contributed by atoms with van der Waals surface area (Å²) in [6.45, 7) is 2.01. The number of nitrogens with zero attached hydrogens (tertiary/aromatic N) is 1. The number of esters is 1. The second-order valence-electron chi connectivity index (χ2n) is 6.90. The largest absolute Gasteiger partial charge is 0.462 e. The molecule has 1 fully saturated rings. The van der Waals surface area contributed by atoms with E-state index in [1.807, 2.05) is 18.2 Å². The van der Waals surface area contributed by atoms with Crippen LogP contribution in [0.4, 0.5) is 0 Å². The fraction of sp³-hybridized carbons (Fsp3) is 0.286. The van der Waals surface area contributed by atoms with Crippen molar-refractivity contribution < 1.29 is 18.7 Å². The van der Waals surface area contributed by atoms with Crippen LogP contribution in [0.15, 0.2) is 53.1 Å². The molecule has 144 valence electrons. The van der Waals surface area contributed by atoms with E-state index in [0.717, 1.165) is 17.7 Å². The van der Waals surface area contributed by atoms with Crippen molar-refractivity contribution in [3.8, 4) is 10.8 Å². The quantitative estimate of drug-likeness (QED) is 0.616. The molecule has 0 aliphatic heterocycles. The topological polar surface area (TPSA) is 81.4 Å². The smallest absolute Gasteiger partial charge is 0.358 e. The lowest BCUT2D eigenvalue weighted by Crippen LogP contribution is -2.35. The van der Waals surface area contributed by atoms with Crippen LogP contribution >= 0.6 is 11.3 Å². The second kappa shape index (κ2) is 7.59. The zero-order chi connectivity index (χ0) is 19.6. The summed E-state index contributed by atoms with van der Waals surface area (Å²) in [5.41, 5.74) is 1.47. The summed E-state index contributed by atoms with van der Waals surface area (Å²) in [4.78, 5) is 29.4. The Kier molecular flexibility index (Phi) is 5.00. The zero-order valence-corrected chi connectivity index (χ0v) is 16.3. The molecule has 4 rings (SSSR count). The van der Waals surface area contributed by atoms with Gasteiger partial charge >= 0.3 is 5.97 Å². The van der Waals surface area contributed by atoms with Crippen molar-refractivity contribution in [2.24, 2.45) is 0 Å². The first kappa shape index (κ1) is 18.4. The number of furan rings is 1. The van der Waals surface area contributed by atoms with Gasteiger partial charge in [0.15, 0.2) is 23.1 Å². The molecule has 1 aliphatic rings. The van der Waals surface area contributed by atoms with Crippen molar-refractivity contribution in [2.45, 2.75) is 25.2 Å². The third-order valence-corrected chi connectivity index (χ3v) is 5.91. The normalized spacial score (nSPS) is 14.5. The van der Waals surface area contributed by atoms with Crippen LogP contribution in [0.1, 0.15) is 33.8 Å². The zero-order valence-electron chi connectivity index (χ0n) is 15.4. The van der Waals surface area contributed by atoms with Crippen LogP contribution < -0.4 is 5.32 Å². The number of carbonyl (C=O) groups is 2. The summed E-state index contributed by atoms with van der Waals surface area (Å²) in [6.07, 6.45) is 3.64. The van der Waals surface area contributed by atoms with Crippen LogP contribution in [-0.2, 0) is 14.9 Å². The van der Waals surface area contributed by atoms with Crippen LogP contribution in [0.25, 0.3) is 10.8 Å². The molecule has 1 aliphatic carbocycles. The molecular weight excluding hydrogens is 376 g/mol. The van der Waals surface area contributed by atoms with Gasteiger partial charge in [-0.1, -0.05) is 30.3 Å². The molecule has 1 aromatic carbocycles. The Labute approximate surface area is 166 Å². The number of benzene rings is 1. The molecule has 28 heavy (non-hydrogen) atoms. The minimum Gasteiger partial charge on any atom is -0.462 e. The maximum Gasteiger partial charge on any atom is 0.358 e. The maximum atomic E-state index is 12.3. The summed E-state index contributed by atoms with van der Waals surface area (Å²) >= 11 is 1.35. The van der Waals surface area contributed by atoms with Crippen molar-refractivity contribution in [3.63, 3.8) is 0 Å². The first-order valence-corrected chi connectivity index (χ1v) is 9.90. The van der Waals surface area contributed by atoms with Gasteiger partial charge in [0.1, 0.15) is 0 Å². The number of aromatic nitrogens is 1. The molecular formula is C21H20N2O4S. The molecule has 2 aromatic heterocycles. The molecule has 3 aromatic rings. The van der Waals surface area contributed by atoms with E-state index in [2.05, 4.69) is 22.4 Å². The molecule has 7 heteroatoms. The summed E-state index contributed by atoms with van der Waals surface area (Å²) in [5.74, 6) is -0.318. The SMILES string of the molecule is Cc1sc(-c2ccco2)nc1C(=O)OCC(=O)NCC1(c2ccccc2)CC1. The van der Waals surface area contributed by atoms with Gasteiger partial charge in [-0.2, -0.15) is 0 Å². The number of amides is 1. The van der Waals surface area contributed by atoms with E-state index in [4.69, 9.17) is 9.15 Å². The number of ether oxygens (including phenoxy) is 1. The van der Waals surface area contributed by atoms with Crippen LogP contribution in [0.5, 0.6) is 0 Å². The number of rotatable bonds is 7. The lowest BCUT2D eigenvalue weighted by Gasteiger charge is -2.16. The van der Waals surface area contributed by atoms with Crippen LogP contribution in [-0.4, -0.2) is 30.0 Å². The molecule has 0 spiro atoms. The number of hydrogen-bond acceptors (Lipinski definition) is 6. The Morgan fingerprint density at radius 2 is 2.00 bits per heavy atom. The Hall–Kier alpha value is -2.93. The fourth-order valence-electron chi connectivity index (χ4n) is 3.12. The highest BCUT2D eigenvalue weighted by atomic mass is 32.1. The van der Waals surface area contributed by atoms with Crippen molar-refractivity contribution in [3.05, 3.63) is 64.9 Å². The minimum absolute atomic E-state index is 0.0182. The first-order valence-electron chi connectivity index (χ1n) is 9.08. The molecule has 0 atom stereocenters. The lowest BCUT2D eigenvalue weighted by atomic mass is 9.96. The Morgan fingerprint density at radius 3 is 2.68 bits per heavy atom. The van der Waals surface area contributed by atoms with Crippen LogP contribution in [0.2, 0.25) is 0 Å². The predicted molar refractivity (Wildman–Crippen MR) is 105 cm³/mol. The number of hydrogen-bond donors (Lipinski definition) is 1. The van der Waals surface area contributed by atoms with E-state index in [1.54, 1.807) is 25.3 Å². The molecule has 0 saturated heterocycles. The highest BCUT2D eigenvalue weighted by Gasteiger charge is 2.44. The molecule has 1 N–H and O–H groups in total. The van der Waals surface area contributed by atoms with Crippen molar-refractivity contribution in [1.29, 1.82) is 0 Å². The van der Waals surface area contributed by atoms with E-state index in [9.17, 15) is 9.59 Å². The third kappa shape index (κ3) is 3.84. The fourth-order valence-corrected chi connectivity index (χ4v) is 3.99. The number of nitrogens with one attached hydrogen (secondary N) is 1. The number of thiazole rings is 1. The van der Waals surface area contributed by atoms with Gasteiger partial charge in [-0.05, 0) is 37.5 Å². The highest BCUT2D eigenvalue weighted by Crippen LogP contribution is 2.47. The van der Waals surface area contributed by atoms with Crippen molar-refractivity contribution >= 4 is 23.2 Å². The molecule has 0 bridgehead atoms. The molecule has 0 radical (unpaired) electrons. The summed E-state index contributed by atoms with van der Waals surface area (Å²) in [6, 6.07) is 13.7. The van der Waals surface area contributed by atoms with Crippen molar-refractivity contribution in [2.75, 3.05) is 13.2 Å². The molecule has 0 unspecified atom stereocenters. The predicted octanol–water partition coefficient (Wildman–Crippen LogP) is 3.72. The van der Waals surface area contributed by atoms with Gasteiger partial charge in [0.05, 0.1) is 6.26 Å². The van der Waals surface area contributed by atoms with Crippen LogP contribution in [0.3, 0.4) is 0 Å². The Balaban J connectivity index is 1.30.